The molecule has 2 aromatic heterocycles. The van der Waals surface area contributed by atoms with Crippen LogP contribution in [0.3, 0.4) is 0 Å². The summed E-state index contributed by atoms with van der Waals surface area (Å²) < 4.78 is 253. The molecule has 0 spiro atoms. The number of aromatic nitrogens is 2. The third kappa shape index (κ3) is 14.5. The number of nitrogens with one attached hydrogen (secondary N) is 2. The van der Waals surface area contributed by atoms with Crippen LogP contribution in [-0.4, -0.2) is 87.8 Å². The third-order valence-corrected chi connectivity index (χ3v) is 14.0. The van der Waals surface area contributed by atoms with Crippen LogP contribution < -0.4 is 333 Å². The van der Waals surface area contributed by atoms with E-state index in [0.717, 1.165) is 24.3 Å². The Morgan fingerprint density at radius 3 is 0.613 bits per heavy atom. The molecule has 0 radical (unpaired) electrons. The van der Waals surface area contributed by atoms with E-state index in [1.165, 1.54) is 72.8 Å². The van der Waals surface area contributed by atoms with Gasteiger partial charge in [-0.25, -0.2) is 50.5 Å². The number of aromatic amines is 2. The second kappa shape index (κ2) is 26.6. The monoisotopic (exact) mass is 1360 g/mol. The Bertz CT molecular complexity index is 4840. The van der Waals surface area contributed by atoms with Gasteiger partial charge in [0.1, 0.15) is 0 Å². The zero-order chi connectivity index (χ0) is 53.0. The Hall–Kier alpha value is 2.22. The van der Waals surface area contributed by atoms with Gasteiger partial charge in [0.05, 0.1) is 43.6 Å². The number of H-pyrrole nitrogens is 2. The van der Waals surface area contributed by atoms with Crippen molar-refractivity contribution in [3.8, 4) is 34.5 Å². The first-order chi connectivity index (χ1) is 34.4. The molecule has 11 rings (SSSR count). The SMILES string of the molecule is O=S(=O)([O-])Oc1c2ccccc2c(OS(=O)(=O)[O-])c2c1ccc1c3ccc4c(OS(=O)(=O)[O-])c5c(ccc6c7ccc8c(OS(=O)(=O)[O-])c9ccccc9c(OS(=O)(=O)[O-])c8c7[nH]c65)c(OS(=O)(=O)[O-])c4c3[nH]c12.[K+].[K+].[K+].[K+].[K+].[K+]. The molecule has 0 aliphatic carbocycles. The number of rotatable bonds is 12. The largest absolute Gasteiger partial charge is 1.00 e. The van der Waals surface area contributed by atoms with Crippen molar-refractivity contribution in [1.82, 2.24) is 9.97 Å². The van der Waals surface area contributed by atoms with Crippen molar-refractivity contribution in [2.75, 3.05) is 0 Å². The van der Waals surface area contributed by atoms with Gasteiger partial charge in [0, 0.05) is 64.6 Å². The zero-order valence-electron chi connectivity index (χ0n) is 41.5. The maximum absolute atomic E-state index is 12.7. The van der Waals surface area contributed by atoms with Gasteiger partial charge >= 0.3 is 308 Å². The summed E-state index contributed by atoms with van der Waals surface area (Å²) in [5.41, 5.74) is -1.18. The Morgan fingerprint density at radius 1 is 0.237 bits per heavy atom. The van der Waals surface area contributed by atoms with Crippen LogP contribution in [0.5, 0.6) is 34.5 Å². The van der Waals surface area contributed by atoms with E-state index in [-0.39, 0.29) is 384 Å². The molecule has 9 aromatic carbocycles. The molecule has 0 amide bonds. The van der Waals surface area contributed by atoms with Gasteiger partial charge in [-0.15, -0.1) is 0 Å². The van der Waals surface area contributed by atoms with Gasteiger partial charge < -0.3 is 62.4 Å². The fraction of sp³-hybridized carbons (Fsp3) is 0. The van der Waals surface area contributed by atoms with Gasteiger partial charge in [-0.05, 0) is 24.3 Å². The molecule has 0 aliphatic heterocycles. The van der Waals surface area contributed by atoms with Gasteiger partial charge in [-0.1, -0.05) is 72.8 Å². The summed E-state index contributed by atoms with van der Waals surface area (Å²) in [6.45, 7) is 0. The molecule has 0 atom stereocenters. The van der Waals surface area contributed by atoms with Crippen molar-refractivity contribution in [3.63, 3.8) is 0 Å². The maximum atomic E-state index is 12.7. The fourth-order valence-corrected chi connectivity index (χ4v) is 11.8. The molecule has 11 aromatic rings. The summed E-state index contributed by atoms with van der Waals surface area (Å²) in [7, 11) is -34.4. The molecule has 38 heteroatoms. The van der Waals surface area contributed by atoms with E-state index in [1.807, 2.05) is 0 Å². The summed E-state index contributed by atoms with van der Waals surface area (Å²) in [6, 6.07) is 19.5. The van der Waals surface area contributed by atoms with Crippen LogP contribution in [0.1, 0.15) is 0 Å². The molecule has 0 aliphatic rings. The Kier molecular flexibility index (Phi) is 24.2. The van der Waals surface area contributed by atoms with Gasteiger partial charge in [0.25, 0.3) is 62.4 Å². The molecule has 0 saturated carbocycles. The summed E-state index contributed by atoms with van der Waals surface area (Å²) >= 11 is 0. The van der Waals surface area contributed by atoms with Crippen LogP contribution in [0.15, 0.2) is 97.1 Å². The Balaban J connectivity index is 0.00000196. The summed E-state index contributed by atoms with van der Waals surface area (Å²) in [5, 5.41) is -4.88. The number of fused-ring (bicyclic) bond motifs is 16. The predicted molar refractivity (Wildman–Crippen MR) is 252 cm³/mol. The van der Waals surface area contributed by atoms with Crippen LogP contribution in [0.4, 0.5) is 0 Å². The molecule has 2 N–H and O–H groups in total. The van der Waals surface area contributed by atoms with Crippen molar-refractivity contribution in [1.29, 1.82) is 0 Å². The van der Waals surface area contributed by atoms with Crippen molar-refractivity contribution < 1.29 is 411 Å². The van der Waals surface area contributed by atoms with Gasteiger partial charge in [-0.3, -0.25) is 0 Å². The Labute approximate surface area is 706 Å². The smallest absolute Gasteiger partial charge is 0.716 e. The Morgan fingerprint density at radius 2 is 0.400 bits per heavy atom. The third-order valence-electron chi connectivity index (χ3n) is 11.7. The minimum absolute atomic E-state index is 0. The molecule has 2 heterocycles. The van der Waals surface area contributed by atoms with E-state index >= 15 is 0 Å². The first kappa shape index (κ1) is 73.0. The van der Waals surface area contributed by atoms with Crippen molar-refractivity contribution in [3.05, 3.63) is 97.1 Å². The number of hydrogen-bond acceptors (Lipinski definition) is 24. The maximum Gasteiger partial charge on any atom is 1.00 e. The van der Waals surface area contributed by atoms with E-state index in [0.29, 0.717) is 0 Å². The molecule has 0 saturated heterocycles. The molecule has 382 valence electrons. The average Bonchev–Trinajstić information content (AvgIpc) is 3.85. The van der Waals surface area contributed by atoms with Crippen LogP contribution >= 0.6 is 0 Å². The van der Waals surface area contributed by atoms with Crippen molar-refractivity contribution >= 4 is 171 Å². The normalized spacial score (nSPS) is 12.4. The topological polar surface area (TPSA) is 430 Å². The zero-order valence-corrected chi connectivity index (χ0v) is 65.1. The molecule has 26 nitrogen and oxygen atoms in total. The minimum atomic E-state index is -5.90. The first-order valence-electron chi connectivity index (χ1n) is 20.0. The number of benzene rings is 9. The molecule has 0 unspecified atom stereocenters. The number of hydrogen-bond donors (Lipinski definition) is 2. The van der Waals surface area contributed by atoms with E-state index < -0.39 is 129 Å². The van der Waals surface area contributed by atoms with Gasteiger partial charge in [-0.2, -0.15) is 0 Å². The predicted octanol–water partition coefficient (Wildman–Crippen LogP) is -13.1. The molecular formula is C42H18K6N2O24S6. The molecule has 0 fully saturated rings. The molecular weight excluding hydrogens is 1340 g/mol. The van der Waals surface area contributed by atoms with Crippen molar-refractivity contribution in [2.24, 2.45) is 0 Å². The summed E-state index contributed by atoms with van der Waals surface area (Å²) in [6.07, 6.45) is 0. The van der Waals surface area contributed by atoms with Crippen LogP contribution in [0, 0.1) is 0 Å². The second-order valence-corrected chi connectivity index (χ2v) is 21.8. The quantitative estimate of drug-likeness (QED) is 0.0496. The van der Waals surface area contributed by atoms with E-state index in [1.54, 1.807) is 0 Å². The summed E-state index contributed by atoms with van der Waals surface area (Å²) in [5.74, 6) is -4.67. The summed E-state index contributed by atoms with van der Waals surface area (Å²) in [4.78, 5) is 5.74. The van der Waals surface area contributed by atoms with Crippen LogP contribution in [0.25, 0.3) is 108 Å². The molecule has 0 bridgehead atoms. The van der Waals surface area contributed by atoms with Gasteiger partial charge in [0.15, 0.2) is 34.5 Å². The van der Waals surface area contributed by atoms with Crippen LogP contribution in [-0.2, 0) is 62.4 Å². The minimum Gasteiger partial charge on any atom is -0.716 e. The fourth-order valence-electron chi connectivity index (χ4n) is 9.50. The van der Waals surface area contributed by atoms with E-state index in [9.17, 15) is 77.8 Å². The van der Waals surface area contributed by atoms with E-state index in [2.05, 4.69) is 9.97 Å². The van der Waals surface area contributed by atoms with Crippen molar-refractivity contribution in [2.45, 2.75) is 0 Å². The average molecular weight is 1360 g/mol. The molecule has 80 heavy (non-hydrogen) atoms. The standard InChI is InChI=1S/C42H24N2O24S6.6K/c45-69(46,47)63-37-21-5-1-3-7-23(21)39(65-71(51,52)53)29-25(37)13-9-17-19-11-15-27-31(35(19)43-33(17)29)41(67-73(57,58)59)28-16-12-20-18-10-14-26-30(34(18)44-36(20)32(28)42(27)68-74(60,61)62)40(66-72(54,55)56)24-8-4-2-6-22(24)38(26)64-70(48,49)50;;;;;;/h1-16,43-44H,(H,45,46,47)(H,48,49,50)(H,51,52,53)(H,54,55,56)(H,57,58,59)(H,60,61,62);;;;;;/q;6*+1/p-6. The second-order valence-electron chi connectivity index (χ2n) is 15.9. The first-order valence-corrected chi connectivity index (χ1v) is 28.0. The van der Waals surface area contributed by atoms with E-state index in [4.69, 9.17) is 25.1 Å². The van der Waals surface area contributed by atoms with Gasteiger partial charge in [0.2, 0.25) is 0 Å². The van der Waals surface area contributed by atoms with Crippen LogP contribution in [0.2, 0.25) is 0 Å².